The van der Waals surface area contributed by atoms with E-state index in [0.717, 1.165) is 19.6 Å². The Morgan fingerprint density at radius 1 is 1.29 bits per heavy atom. The molecule has 0 atom stereocenters. The highest BCUT2D eigenvalue weighted by Gasteiger charge is 2.29. The average molecular weight is 328 g/mol. The zero-order valence-electron chi connectivity index (χ0n) is 14.2. The Morgan fingerprint density at radius 2 is 2.00 bits per heavy atom. The first-order valence-corrected chi connectivity index (χ1v) is 9.70. The fourth-order valence-electron chi connectivity index (χ4n) is 2.54. The molecule has 1 saturated heterocycles. The van der Waals surface area contributed by atoms with E-state index in [-0.39, 0.29) is 0 Å². The molecule has 2 heterocycles. The molecule has 0 aliphatic carbocycles. The number of hydrogen-bond acceptors (Lipinski definition) is 5. The van der Waals surface area contributed by atoms with E-state index in [4.69, 9.17) is 4.98 Å². The van der Waals surface area contributed by atoms with Gasteiger partial charge in [0.2, 0.25) is 0 Å². The predicted molar refractivity (Wildman–Crippen MR) is 96.9 cm³/mol. The quantitative estimate of drug-likeness (QED) is 0.881. The van der Waals surface area contributed by atoms with Crippen LogP contribution in [0.25, 0.3) is 0 Å². The third kappa shape index (κ3) is 4.60. The van der Waals surface area contributed by atoms with Gasteiger partial charge in [0.25, 0.3) is 0 Å². The van der Waals surface area contributed by atoms with E-state index in [0.29, 0.717) is 16.7 Å². The second-order valence-electron chi connectivity index (χ2n) is 7.02. The van der Waals surface area contributed by atoms with Crippen molar-refractivity contribution >= 4 is 28.2 Å². The van der Waals surface area contributed by atoms with Crippen LogP contribution in [0.1, 0.15) is 58.0 Å². The minimum absolute atomic E-state index is 0.332. The van der Waals surface area contributed by atoms with Crippen LogP contribution in [-0.4, -0.2) is 34.6 Å². The summed E-state index contributed by atoms with van der Waals surface area (Å²) in [6.07, 6.45) is 0. The Kier molecular flexibility index (Phi) is 5.60. The molecular weight excluding hydrogens is 298 g/mol. The van der Waals surface area contributed by atoms with Gasteiger partial charge in [0.05, 0.1) is 5.69 Å². The standard InChI is InChI=1S/C16H29N3S2/c1-11(2)14-13(9-17-12(3)4)21-15(18-14)19-7-8-20-16(5,6)10-19/h11-12,17H,7-10H2,1-6H3. The van der Waals surface area contributed by atoms with E-state index in [1.807, 2.05) is 11.3 Å². The molecule has 2 rings (SSSR count). The summed E-state index contributed by atoms with van der Waals surface area (Å²) in [4.78, 5) is 8.86. The molecule has 1 N–H and O–H groups in total. The van der Waals surface area contributed by atoms with Crippen molar-refractivity contribution in [1.29, 1.82) is 0 Å². The zero-order valence-corrected chi connectivity index (χ0v) is 15.8. The summed E-state index contributed by atoms with van der Waals surface area (Å²) in [7, 11) is 0. The second kappa shape index (κ2) is 6.88. The monoisotopic (exact) mass is 327 g/mol. The molecule has 1 aromatic heterocycles. The van der Waals surface area contributed by atoms with Gasteiger partial charge >= 0.3 is 0 Å². The van der Waals surface area contributed by atoms with Gasteiger partial charge in [-0.15, -0.1) is 11.3 Å². The van der Waals surface area contributed by atoms with Crippen LogP contribution in [0, 0.1) is 0 Å². The average Bonchev–Trinajstić information content (AvgIpc) is 2.79. The summed E-state index contributed by atoms with van der Waals surface area (Å²) in [5, 5.41) is 4.75. The topological polar surface area (TPSA) is 28.2 Å². The van der Waals surface area contributed by atoms with Crippen LogP contribution in [0.3, 0.4) is 0 Å². The lowest BCUT2D eigenvalue weighted by molar-refractivity contribution is 0.588. The molecule has 1 aliphatic heterocycles. The van der Waals surface area contributed by atoms with Crippen molar-refractivity contribution in [3.8, 4) is 0 Å². The largest absolute Gasteiger partial charge is 0.346 e. The second-order valence-corrected chi connectivity index (χ2v) is 9.89. The zero-order chi connectivity index (χ0) is 15.6. The van der Waals surface area contributed by atoms with Gasteiger partial charge < -0.3 is 10.2 Å². The highest BCUT2D eigenvalue weighted by molar-refractivity contribution is 8.00. The number of aromatic nitrogens is 1. The fraction of sp³-hybridized carbons (Fsp3) is 0.812. The van der Waals surface area contributed by atoms with Crippen molar-refractivity contribution in [3.05, 3.63) is 10.6 Å². The predicted octanol–water partition coefficient (Wildman–Crippen LogP) is 4.10. The molecule has 0 spiro atoms. The summed E-state index contributed by atoms with van der Waals surface area (Å²) < 4.78 is 0.332. The Labute approximate surface area is 137 Å². The van der Waals surface area contributed by atoms with Crippen molar-refractivity contribution in [2.24, 2.45) is 0 Å². The van der Waals surface area contributed by atoms with Gasteiger partial charge in [-0.1, -0.05) is 27.7 Å². The molecule has 3 nitrogen and oxygen atoms in total. The van der Waals surface area contributed by atoms with Gasteiger partial charge in [0, 0.05) is 41.1 Å². The number of thioether (sulfide) groups is 1. The highest BCUT2D eigenvalue weighted by atomic mass is 32.2. The van der Waals surface area contributed by atoms with Crippen molar-refractivity contribution in [3.63, 3.8) is 0 Å². The first kappa shape index (κ1) is 17.1. The summed E-state index contributed by atoms with van der Waals surface area (Å²) in [6.45, 7) is 16.7. The van der Waals surface area contributed by atoms with Gasteiger partial charge in [0.1, 0.15) is 0 Å². The molecule has 0 unspecified atom stereocenters. The number of anilines is 1. The molecule has 120 valence electrons. The molecule has 0 amide bonds. The molecular formula is C16H29N3S2. The maximum absolute atomic E-state index is 4.97. The Balaban J connectivity index is 2.18. The normalized spacial score (nSPS) is 18.8. The summed E-state index contributed by atoms with van der Waals surface area (Å²) in [5.74, 6) is 1.69. The maximum Gasteiger partial charge on any atom is 0.185 e. The summed E-state index contributed by atoms with van der Waals surface area (Å²) in [5.41, 5.74) is 1.28. The van der Waals surface area contributed by atoms with Gasteiger partial charge in [-0.3, -0.25) is 0 Å². The van der Waals surface area contributed by atoms with Crippen molar-refractivity contribution in [2.45, 2.75) is 64.8 Å². The third-order valence-corrected chi connectivity index (χ3v) is 6.06. The van der Waals surface area contributed by atoms with Gasteiger partial charge in [-0.05, 0) is 19.8 Å². The van der Waals surface area contributed by atoms with E-state index in [2.05, 4.69) is 63.5 Å². The molecule has 5 heteroatoms. The van der Waals surface area contributed by atoms with Crippen molar-refractivity contribution < 1.29 is 0 Å². The fourth-order valence-corrected chi connectivity index (χ4v) is 4.84. The third-order valence-electron chi connectivity index (χ3n) is 3.63. The Hall–Kier alpha value is -0.260. The first-order valence-electron chi connectivity index (χ1n) is 7.90. The van der Waals surface area contributed by atoms with E-state index < -0.39 is 0 Å². The van der Waals surface area contributed by atoms with Crippen LogP contribution in [0.2, 0.25) is 0 Å². The van der Waals surface area contributed by atoms with Gasteiger partial charge in [-0.2, -0.15) is 11.8 Å². The molecule has 21 heavy (non-hydrogen) atoms. The smallest absolute Gasteiger partial charge is 0.185 e. The molecule has 0 aromatic carbocycles. The molecule has 0 bridgehead atoms. The SMILES string of the molecule is CC(C)NCc1sc(N2CCSC(C)(C)C2)nc1C(C)C. The van der Waals surface area contributed by atoms with E-state index in [9.17, 15) is 0 Å². The summed E-state index contributed by atoms with van der Waals surface area (Å²) in [6, 6.07) is 0.515. The van der Waals surface area contributed by atoms with Crippen LogP contribution in [0.4, 0.5) is 5.13 Å². The number of thiazole rings is 1. The number of hydrogen-bond donors (Lipinski definition) is 1. The van der Waals surface area contributed by atoms with Crippen molar-refractivity contribution in [2.75, 3.05) is 23.7 Å². The molecule has 0 radical (unpaired) electrons. The lowest BCUT2D eigenvalue weighted by Gasteiger charge is -2.37. The van der Waals surface area contributed by atoms with Crippen molar-refractivity contribution in [1.82, 2.24) is 10.3 Å². The minimum Gasteiger partial charge on any atom is -0.346 e. The lowest BCUT2D eigenvalue weighted by Crippen LogP contribution is -2.43. The Morgan fingerprint density at radius 3 is 2.57 bits per heavy atom. The Bertz CT molecular complexity index is 466. The molecule has 1 aromatic rings. The highest BCUT2D eigenvalue weighted by Crippen LogP contribution is 2.36. The number of rotatable bonds is 5. The van der Waals surface area contributed by atoms with Crippen LogP contribution in [0.15, 0.2) is 0 Å². The number of nitrogens with one attached hydrogen (secondary N) is 1. The first-order chi connectivity index (χ1) is 9.78. The van der Waals surface area contributed by atoms with Crippen LogP contribution in [-0.2, 0) is 6.54 Å². The van der Waals surface area contributed by atoms with E-state index in [1.54, 1.807) is 0 Å². The molecule has 0 saturated carbocycles. The summed E-state index contributed by atoms with van der Waals surface area (Å²) >= 11 is 3.95. The van der Waals surface area contributed by atoms with Gasteiger partial charge in [0.15, 0.2) is 5.13 Å². The lowest BCUT2D eigenvalue weighted by atomic mass is 10.1. The van der Waals surface area contributed by atoms with Crippen LogP contribution >= 0.6 is 23.1 Å². The maximum atomic E-state index is 4.97. The van der Waals surface area contributed by atoms with E-state index in [1.165, 1.54) is 21.5 Å². The van der Waals surface area contributed by atoms with Gasteiger partial charge in [-0.25, -0.2) is 4.98 Å². The van der Waals surface area contributed by atoms with Crippen LogP contribution in [0.5, 0.6) is 0 Å². The minimum atomic E-state index is 0.332. The number of nitrogens with zero attached hydrogens (tertiary/aromatic N) is 2. The molecule has 1 aliphatic rings. The van der Waals surface area contributed by atoms with E-state index >= 15 is 0 Å². The van der Waals surface area contributed by atoms with Crippen LogP contribution < -0.4 is 10.2 Å². The molecule has 1 fully saturated rings.